The normalized spacial score (nSPS) is 16.8. The highest BCUT2D eigenvalue weighted by atomic mass is 16.5. The Bertz CT molecular complexity index is 936. The van der Waals surface area contributed by atoms with Crippen LogP contribution in [0.1, 0.15) is 37.1 Å². The Morgan fingerprint density at radius 3 is 2.76 bits per heavy atom. The minimum atomic E-state index is -1.06. The summed E-state index contributed by atoms with van der Waals surface area (Å²) in [7, 11) is 1.50. The summed E-state index contributed by atoms with van der Waals surface area (Å²) in [4.78, 5) is 38.8. The maximum absolute atomic E-state index is 13.3. The van der Waals surface area contributed by atoms with Crippen LogP contribution >= 0.6 is 0 Å². The van der Waals surface area contributed by atoms with Gasteiger partial charge in [0.2, 0.25) is 5.91 Å². The van der Waals surface area contributed by atoms with Gasteiger partial charge in [-0.05, 0) is 41.7 Å². The summed E-state index contributed by atoms with van der Waals surface area (Å²) in [6, 6.07) is 7.22. The van der Waals surface area contributed by atoms with Crippen LogP contribution in [-0.4, -0.2) is 73.9 Å². The molecule has 12 heteroatoms. The number of methoxy groups -OCH3 is 1. The maximum Gasteiger partial charge on any atom is 0.408 e. The van der Waals surface area contributed by atoms with Crippen LogP contribution in [-0.2, 0) is 38.8 Å². The molecule has 0 saturated carbocycles. The van der Waals surface area contributed by atoms with Crippen molar-refractivity contribution in [1.29, 1.82) is 0 Å². The summed E-state index contributed by atoms with van der Waals surface area (Å²) >= 11 is 0. The molecule has 2 heterocycles. The van der Waals surface area contributed by atoms with Crippen molar-refractivity contribution in [2.75, 3.05) is 13.7 Å². The first-order valence-corrected chi connectivity index (χ1v) is 10.7. The van der Waals surface area contributed by atoms with E-state index in [4.69, 9.17) is 9.47 Å². The van der Waals surface area contributed by atoms with E-state index in [-0.39, 0.29) is 26.2 Å². The van der Waals surface area contributed by atoms with Gasteiger partial charge >= 0.3 is 12.1 Å². The number of hydrogen-bond acceptors (Lipinski definition) is 8. The molecule has 1 aliphatic heterocycles. The molecule has 12 nitrogen and oxygen atoms in total. The highest BCUT2D eigenvalue weighted by Gasteiger charge is 2.36. The van der Waals surface area contributed by atoms with Gasteiger partial charge in [-0.1, -0.05) is 30.3 Å². The highest BCUT2D eigenvalue weighted by Crippen LogP contribution is 2.19. The number of alkyl carbamates (subject to hydrolysis) is 1. The van der Waals surface area contributed by atoms with Crippen LogP contribution in [0.4, 0.5) is 4.79 Å². The second kappa shape index (κ2) is 11.9. The Balaban J connectivity index is 1.70. The third kappa shape index (κ3) is 6.72. The molecule has 2 atom stereocenters. The summed E-state index contributed by atoms with van der Waals surface area (Å²) in [5.74, 6) is -1.05. The van der Waals surface area contributed by atoms with Crippen molar-refractivity contribution in [1.82, 2.24) is 30.4 Å². The molecule has 2 aromatic rings. The summed E-state index contributed by atoms with van der Waals surface area (Å²) in [5.41, 5.74) is 0.802. The first-order valence-electron chi connectivity index (χ1n) is 10.7. The predicted octanol–water partition coefficient (Wildman–Crippen LogP) is 0.970. The number of aromatic nitrogens is 4. The van der Waals surface area contributed by atoms with Crippen LogP contribution in [0, 0.1) is 0 Å². The maximum atomic E-state index is 13.3. The Hall–Kier alpha value is -3.54. The number of rotatable bonds is 10. The van der Waals surface area contributed by atoms with Gasteiger partial charge in [-0.2, -0.15) is 0 Å². The summed E-state index contributed by atoms with van der Waals surface area (Å²) in [5, 5.41) is 23.5. The van der Waals surface area contributed by atoms with Crippen LogP contribution in [0.2, 0.25) is 0 Å². The number of benzene rings is 1. The lowest BCUT2D eigenvalue weighted by atomic mass is 10.00. The number of tetrazole rings is 1. The Morgan fingerprint density at radius 2 is 2.03 bits per heavy atom. The molecule has 33 heavy (non-hydrogen) atoms. The van der Waals surface area contributed by atoms with Gasteiger partial charge in [0.25, 0.3) is 0 Å². The number of nitrogens with zero attached hydrogens (tertiary/aromatic N) is 5. The standard InChI is InChI=1S/C21H28N6O6/c1-32-14-27-18(23-24-25-27)11-10-16(19(28)26-12-6-5-9-17(26)20(29)30)22-21(31)33-13-15-7-3-2-4-8-15/h2-4,7-8,16-17H,5-6,9-14H2,1H3,(H,22,31)(H,29,30)/t16-,17-/m0/s1. The number of carboxylic acids is 1. The first-order chi connectivity index (χ1) is 16.0. The van der Waals surface area contributed by atoms with E-state index in [2.05, 4.69) is 20.8 Å². The van der Waals surface area contributed by atoms with E-state index in [9.17, 15) is 19.5 Å². The number of aryl methyl sites for hydroxylation is 1. The van der Waals surface area contributed by atoms with Gasteiger partial charge in [0.05, 0.1) is 0 Å². The van der Waals surface area contributed by atoms with Crippen LogP contribution in [0.25, 0.3) is 0 Å². The number of hydrogen-bond donors (Lipinski definition) is 2. The zero-order valence-electron chi connectivity index (χ0n) is 18.4. The van der Waals surface area contributed by atoms with Gasteiger partial charge in [0, 0.05) is 20.1 Å². The number of carbonyl (C=O) groups excluding carboxylic acids is 2. The number of aliphatic carboxylic acids is 1. The molecule has 1 saturated heterocycles. The average molecular weight is 460 g/mol. The number of amides is 2. The molecule has 0 unspecified atom stereocenters. The SMILES string of the molecule is COCn1nnnc1CC[C@H](NC(=O)OCc1ccccc1)C(=O)N1CCCC[C@H]1C(=O)O. The molecule has 0 aliphatic carbocycles. The number of nitrogens with one attached hydrogen (secondary N) is 1. The Kier molecular flexibility index (Phi) is 8.70. The van der Waals surface area contributed by atoms with Gasteiger partial charge in [-0.15, -0.1) is 5.10 Å². The number of ether oxygens (including phenoxy) is 2. The Morgan fingerprint density at radius 1 is 1.24 bits per heavy atom. The molecule has 1 aromatic heterocycles. The van der Waals surface area contributed by atoms with E-state index in [1.54, 1.807) is 0 Å². The quantitative estimate of drug-likeness (QED) is 0.529. The van der Waals surface area contributed by atoms with E-state index >= 15 is 0 Å². The molecular weight excluding hydrogens is 432 g/mol. The van der Waals surface area contributed by atoms with Crippen molar-refractivity contribution in [2.24, 2.45) is 0 Å². The predicted molar refractivity (Wildman–Crippen MR) is 114 cm³/mol. The number of carboxylic acid groups (broad SMARTS) is 1. The van der Waals surface area contributed by atoms with Crippen molar-refractivity contribution >= 4 is 18.0 Å². The van der Waals surface area contributed by atoms with Crippen LogP contribution in [0.3, 0.4) is 0 Å². The zero-order valence-corrected chi connectivity index (χ0v) is 18.4. The molecule has 2 amide bonds. The topological polar surface area (TPSA) is 149 Å². The monoisotopic (exact) mass is 460 g/mol. The fourth-order valence-electron chi connectivity index (χ4n) is 3.71. The van der Waals surface area contributed by atoms with Crippen molar-refractivity contribution in [3.63, 3.8) is 0 Å². The van der Waals surface area contributed by atoms with Crippen LogP contribution in [0.5, 0.6) is 0 Å². The minimum Gasteiger partial charge on any atom is -0.480 e. The van der Waals surface area contributed by atoms with Crippen molar-refractivity contribution < 1.29 is 29.0 Å². The molecular formula is C21H28N6O6. The zero-order chi connectivity index (χ0) is 23.6. The lowest BCUT2D eigenvalue weighted by molar-refractivity contribution is -0.153. The number of likely N-dealkylation sites (tertiary alicyclic amines) is 1. The molecule has 1 aromatic carbocycles. The summed E-state index contributed by atoms with van der Waals surface area (Å²) in [6.07, 6.45) is 1.45. The summed E-state index contributed by atoms with van der Waals surface area (Å²) in [6.45, 7) is 0.496. The molecule has 0 spiro atoms. The van der Waals surface area contributed by atoms with Crippen molar-refractivity contribution in [3.8, 4) is 0 Å². The average Bonchev–Trinajstić information content (AvgIpc) is 3.28. The molecule has 178 valence electrons. The Labute approximate surface area is 190 Å². The van der Waals surface area contributed by atoms with Crippen molar-refractivity contribution in [3.05, 3.63) is 41.7 Å². The fourth-order valence-corrected chi connectivity index (χ4v) is 3.71. The van der Waals surface area contributed by atoms with Gasteiger partial charge in [-0.25, -0.2) is 14.3 Å². The smallest absolute Gasteiger partial charge is 0.408 e. The van der Waals surface area contributed by atoms with E-state index < -0.39 is 30.1 Å². The molecule has 3 rings (SSSR count). The molecule has 1 fully saturated rings. The lowest BCUT2D eigenvalue weighted by Crippen LogP contribution is -2.55. The third-order valence-corrected chi connectivity index (χ3v) is 5.39. The second-order valence-corrected chi connectivity index (χ2v) is 7.69. The lowest BCUT2D eigenvalue weighted by Gasteiger charge is -2.35. The fraction of sp³-hybridized carbons (Fsp3) is 0.524. The molecule has 0 bridgehead atoms. The van der Waals surface area contributed by atoms with Gasteiger partial charge in [0.1, 0.15) is 25.4 Å². The van der Waals surface area contributed by atoms with E-state index in [1.165, 1.54) is 16.7 Å². The second-order valence-electron chi connectivity index (χ2n) is 7.69. The third-order valence-electron chi connectivity index (χ3n) is 5.39. The van der Waals surface area contributed by atoms with Crippen LogP contribution < -0.4 is 5.32 Å². The van der Waals surface area contributed by atoms with Gasteiger partial charge in [-0.3, -0.25) is 4.79 Å². The van der Waals surface area contributed by atoms with E-state index in [0.717, 1.165) is 12.0 Å². The minimum absolute atomic E-state index is 0.0428. The van der Waals surface area contributed by atoms with Gasteiger partial charge < -0.3 is 24.8 Å². The largest absolute Gasteiger partial charge is 0.480 e. The van der Waals surface area contributed by atoms with Crippen LogP contribution in [0.15, 0.2) is 30.3 Å². The molecule has 2 N–H and O–H groups in total. The highest BCUT2D eigenvalue weighted by molar-refractivity contribution is 5.89. The number of carbonyl (C=O) groups is 3. The summed E-state index contributed by atoms with van der Waals surface area (Å²) < 4.78 is 11.8. The number of piperidine rings is 1. The first kappa shape index (κ1) is 24.1. The van der Waals surface area contributed by atoms with E-state index in [1.807, 2.05) is 30.3 Å². The molecule has 1 aliphatic rings. The molecule has 0 radical (unpaired) electrons. The van der Waals surface area contributed by atoms with Crippen molar-refractivity contribution in [2.45, 2.75) is 57.5 Å². The van der Waals surface area contributed by atoms with Gasteiger partial charge in [0.15, 0.2) is 5.82 Å². The van der Waals surface area contributed by atoms with E-state index in [0.29, 0.717) is 25.2 Å².